The highest BCUT2D eigenvalue weighted by Crippen LogP contribution is 2.28. The lowest BCUT2D eigenvalue weighted by atomic mass is 9.87. The van der Waals surface area contributed by atoms with Gasteiger partial charge in [0.05, 0.1) is 0 Å². The first-order valence-electron chi connectivity index (χ1n) is 4.74. The number of hydrogen-bond acceptors (Lipinski definition) is 3. The van der Waals surface area contributed by atoms with E-state index in [0.717, 1.165) is 16.8 Å². The molecule has 0 radical (unpaired) electrons. The molecular weight excluding hydrogens is 176 g/mol. The molecule has 0 aromatic heterocycles. The molecule has 0 spiro atoms. The summed E-state index contributed by atoms with van der Waals surface area (Å²) < 4.78 is 0. The number of aliphatic hydroxyl groups excluding tert-OH is 1. The molecule has 0 amide bonds. The van der Waals surface area contributed by atoms with Crippen molar-refractivity contribution in [1.82, 2.24) is 0 Å². The van der Waals surface area contributed by atoms with Gasteiger partial charge in [-0.3, -0.25) is 0 Å². The Balaban J connectivity index is 3.12. The van der Waals surface area contributed by atoms with E-state index in [4.69, 9.17) is 16.6 Å². The van der Waals surface area contributed by atoms with E-state index in [1.165, 1.54) is 0 Å². The predicted octanol–water partition coefficient (Wildman–Crippen LogP) is 1.13. The van der Waals surface area contributed by atoms with E-state index in [9.17, 15) is 0 Å². The number of anilines is 1. The van der Waals surface area contributed by atoms with Gasteiger partial charge in [0, 0.05) is 17.8 Å². The van der Waals surface area contributed by atoms with Crippen LogP contribution in [0.3, 0.4) is 0 Å². The number of nitrogen functional groups attached to an aromatic ring is 1. The number of aliphatic hydroxyl groups is 1. The zero-order valence-corrected chi connectivity index (χ0v) is 8.75. The summed E-state index contributed by atoms with van der Waals surface area (Å²) in [5.74, 6) is 0. The highest BCUT2D eigenvalue weighted by Gasteiger charge is 2.23. The van der Waals surface area contributed by atoms with Crippen molar-refractivity contribution in [1.29, 1.82) is 0 Å². The Kier molecular flexibility index (Phi) is 3.13. The third-order valence-corrected chi connectivity index (χ3v) is 2.57. The van der Waals surface area contributed by atoms with Gasteiger partial charge in [-0.25, -0.2) is 0 Å². The van der Waals surface area contributed by atoms with Crippen LogP contribution in [0.2, 0.25) is 0 Å². The molecule has 1 aromatic carbocycles. The van der Waals surface area contributed by atoms with Crippen molar-refractivity contribution in [2.24, 2.45) is 5.73 Å². The molecule has 1 rings (SSSR count). The lowest BCUT2D eigenvalue weighted by molar-refractivity contribution is 0.247. The summed E-state index contributed by atoms with van der Waals surface area (Å²) in [6, 6.07) is 5.80. The Morgan fingerprint density at radius 2 is 2.07 bits per heavy atom. The number of para-hydroxylation sites is 1. The average molecular weight is 194 g/mol. The van der Waals surface area contributed by atoms with Crippen LogP contribution in [-0.2, 0) is 5.54 Å². The largest absolute Gasteiger partial charge is 0.398 e. The van der Waals surface area contributed by atoms with Crippen molar-refractivity contribution in [2.45, 2.75) is 25.8 Å². The first-order valence-corrected chi connectivity index (χ1v) is 4.74. The van der Waals surface area contributed by atoms with E-state index in [1.54, 1.807) is 0 Å². The van der Waals surface area contributed by atoms with Crippen LogP contribution >= 0.6 is 0 Å². The molecule has 0 saturated heterocycles. The maximum absolute atomic E-state index is 8.90. The van der Waals surface area contributed by atoms with Crippen molar-refractivity contribution in [3.63, 3.8) is 0 Å². The first-order chi connectivity index (χ1) is 6.49. The fraction of sp³-hybridized carbons (Fsp3) is 0.455. The molecule has 78 valence electrons. The maximum atomic E-state index is 8.90. The molecule has 0 aliphatic rings. The molecule has 0 bridgehead atoms. The monoisotopic (exact) mass is 194 g/mol. The third-order valence-electron chi connectivity index (χ3n) is 2.57. The van der Waals surface area contributed by atoms with Gasteiger partial charge in [-0.15, -0.1) is 0 Å². The van der Waals surface area contributed by atoms with Crippen molar-refractivity contribution in [3.05, 3.63) is 29.3 Å². The minimum atomic E-state index is -0.551. The zero-order chi connectivity index (χ0) is 10.8. The Morgan fingerprint density at radius 1 is 1.43 bits per heavy atom. The topological polar surface area (TPSA) is 72.3 Å². The lowest BCUT2D eigenvalue weighted by Crippen LogP contribution is -2.35. The second kappa shape index (κ2) is 3.98. The molecule has 1 atom stereocenters. The Bertz CT molecular complexity index is 321. The van der Waals surface area contributed by atoms with Crippen LogP contribution in [0, 0.1) is 6.92 Å². The predicted molar refractivity (Wildman–Crippen MR) is 58.8 cm³/mol. The maximum Gasteiger partial charge on any atom is 0.0451 e. The van der Waals surface area contributed by atoms with Crippen LogP contribution in [0.15, 0.2) is 18.2 Å². The standard InChI is InChI=1S/C11H18N2O/c1-8-4-3-5-9(10(8)12)11(2,13)6-7-14/h3-5,14H,6-7,12-13H2,1-2H3. The highest BCUT2D eigenvalue weighted by atomic mass is 16.3. The summed E-state index contributed by atoms with van der Waals surface area (Å²) in [5.41, 5.74) is 14.1. The molecule has 3 heteroatoms. The van der Waals surface area contributed by atoms with Gasteiger partial charge in [-0.05, 0) is 31.4 Å². The van der Waals surface area contributed by atoms with Crippen molar-refractivity contribution in [3.8, 4) is 0 Å². The Hall–Kier alpha value is -1.06. The first kappa shape index (κ1) is 11.0. The van der Waals surface area contributed by atoms with E-state index in [0.29, 0.717) is 6.42 Å². The molecule has 0 aliphatic heterocycles. The number of rotatable bonds is 3. The van der Waals surface area contributed by atoms with Crippen LogP contribution in [-0.4, -0.2) is 11.7 Å². The Labute approximate surface area is 84.7 Å². The average Bonchev–Trinajstić information content (AvgIpc) is 2.09. The summed E-state index contributed by atoms with van der Waals surface area (Å²) in [4.78, 5) is 0. The molecule has 5 N–H and O–H groups in total. The van der Waals surface area contributed by atoms with Crippen LogP contribution in [0.5, 0.6) is 0 Å². The van der Waals surface area contributed by atoms with Crippen LogP contribution in [0.4, 0.5) is 5.69 Å². The quantitative estimate of drug-likeness (QED) is 0.632. The molecule has 1 unspecified atom stereocenters. The molecule has 3 nitrogen and oxygen atoms in total. The Morgan fingerprint density at radius 3 is 2.64 bits per heavy atom. The minimum Gasteiger partial charge on any atom is -0.398 e. The van der Waals surface area contributed by atoms with Crippen molar-refractivity contribution >= 4 is 5.69 Å². The second-order valence-corrected chi connectivity index (χ2v) is 3.93. The number of hydrogen-bond donors (Lipinski definition) is 3. The molecule has 0 fully saturated rings. The van der Waals surface area contributed by atoms with Gasteiger partial charge in [-0.2, -0.15) is 0 Å². The number of aryl methyl sites for hydroxylation is 1. The molecule has 0 heterocycles. The van der Waals surface area contributed by atoms with Gasteiger partial charge in [-0.1, -0.05) is 18.2 Å². The molecular formula is C11H18N2O. The third kappa shape index (κ3) is 2.05. The molecule has 0 aliphatic carbocycles. The van der Waals surface area contributed by atoms with Gasteiger partial charge in [0.2, 0.25) is 0 Å². The van der Waals surface area contributed by atoms with Gasteiger partial charge < -0.3 is 16.6 Å². The minimum absolute atomic E-state index is 0.0698. The summed E-state index contributed by atoms with van der Waals surface area (Å²) in [7, 11) is 0. The van der Waals surface area contributed by atoms with E-state index < -0.39 is 5.54 Å². The van der Waals surface area contributed by atoms with E-state index in [1.807, 2.05) is 32.0 Å². The summed E-state index contributed by atoms with van der Waals surface area (Å²) in [6.07, 6.45) is 0.515. The van der Waals surface area contributed by atoms with Gasteiger partial charge in [0.25, 0.3) is 0 Å². The smallest absolute Gasteiger partial charge is 0.0451 e. The normalized spacial score (nSPS) is 15.1. The fourth-order valence-corrected chi connectivity index (χ4v) is 1.55. The summed E-state index contributed by atoms with van der Waals surface area (Å²) in [5, 5.41) is 8.90. The molecule has 14 heavy (non-hydrogen) atoms. The fourth-order valence-electron chi connectivity index (χ4n) is 1.55. The van der Waals surface area contributed by atoms with E-state index in [2.05, 4.69) is 0 Å². The molecule has 0 saturated carbocycles. The zero-order valence-electron chi connectivity index (χ0n) is 8.75. The molecule has 1 aromatic rings. The van der Waals surface area contributed by atoms with Crippen LogP contribution in [0.1, 0.15) is 24.5 Å². The van der Waals surface area contributed by atoms with Crippen molar-refractivity contribution < 1.29 is 5.11 Å². The highest BCUT2D eigenvalue weighted by molar-refractivity contribution is 5.55. The SMILES string of the molecule is Cc1cccc(C(C)(N)CCO)c1N. The lowest BCUT2D eigenvalue weighted by Gasteiger charge is -2.26. The van der Waals surface area contributed by atoms with Gasteiger partial charge >= 0.3 is 0 Å². The van der Waals surface area contributed by atoms with E-state index in [-0.39, 0.29) is 6.61 Å². The number of benzene rings is 1. The van der Waals surface area contributed by atoms with Crippen LogP contribution < -0.4 is 11.5 Å². The van der Waals surface area contributed by atoms with Gasteiger partial charge in [0.15, 0.2) is 0 Å². The van der Waals surface area contributed by atoms with E-state index >= 15 is 0 Å². The summed E-state index contributed by atoms with van der Waals surface area (Å²) in [6.45, 7) is 3.91. The number of nitrogens with two attached hydrogens (primary N) is 2. The second-order valence-electron chi connectivity index (χ2n) is 3.93. The van der Waals surface area contributed by atoms with Crippen molar-refractivity contribution in [2.75, 3.05) is 12.3 Å². The summed E-state index contributed by atoms with van der Waals surface area (Å²) >= 11 is 0. The van der Waals surface area contributed by atoms with Gasteiger partial charge in [0.1, 0.15) is 0 Å². The van der Waals surface area contributed by atoms with Crippen LogP contribution in [0.25, 0.3) is 0 Å².